The number of hydrogen-bond donors (Lipinski definition) is 1. The molecule has 0 spiro atoms. The average molecular weight is 291 g/mol. The van der Waals surface area contributed by atoms with Gasteiger partial charge in [-0.25, -0.2) is 4.98 Å². The molecule has 0 saturated carbocycles. The number of nitrogens with one attached hydrogen (secondary N) is 1. The molecule has 1 aliphatic heterocycles. The maximum Gasteiger partial charge on any atom is 0.147 e. The van der Waals surface area contributed by atoms with Gasteiger partial charge in [-0.15, -0.1) is 0 Å². The Kier molecular flexibility index (Phi) is 5.53. The molecule has 0 radical (unpaired) electrons. The van der Waals surface area contributed by atoms with Crippen LogP contribution in [0.2, 0.25) is 0 Å². The van der Waals surface area contributed by atoms with Crippen molar-refractivity contribution in [2.75, 3.05) is 38.1 Å². The van der Waals surface area contributed by atoms with Crippen molar-refractivity contribution < 1.29 is 0 Å². The van der Waals surface area contributed by atoms with Crippen molar-refractivity contribution in [3.63, 3.8) is 0 Å². The van der Waals surface area contributed by atoms with E-state index in [2.05, 4.69) is 47.9 Å². The largest absolute Gasteiger partial charge is 0.357 e. The van der Waals surface area contributed by atoms with Crippen LogP contribution in [0.4, 0.5) is 5.82 Å². The summed E-state index contributed by atoms with van der Waals surface area (Å²) in [5.74, 6) is 0.961. The lowest BCUT2D eigenvalue weighted by molar-refractivity contribution is 0.346. The molecule has 1 fully saturated rings. The molecule has 118 valence electrons. The van der Waals surface area contributed by atoms with Crippen LogP contribution in [-0.2, 0) is 6.54 Å². The van der Waals surface area contributed by atoms with Crippen LogP contribution in [0.1, 0.15) is 39.3 Å². The third-order valence-corrected chi connectivity index (χ3v) is 3.81. The van der Waals surface area contributed by atoms with Crippen LogP contribution < -0.4 is 10.2 Å². The summed E-state index contributed by atoms with van der Waals surface area (Å²) < 4.78 is 0. The van der Waals surface area contributed by atoms with Gasteiger partial charge in [0.2, 0.25) is 0 Å². The van der Waals surface area contributed by atoms with Gasteiger partial charge in [-0.05, 0) is 46.7 Å². The Hall–Kier alpha value is -1.20. The normalized spacial score (nSPS) is 16.4. The van der Waals surface area contributed by atoms with E-state index in [0.717, 1.165) is 31.1 Å². The Balaban J connectivity index is 1.86. The Morgan fingerprint density at radius 3 is 2.62 bits per heavy atom. The van der Waals surface area contributed by atoms with Crippen molar-refractivity contribution in [3.8, 4) is 0 Å². The minimum Gasteiger partial charge on any atom is -0.357 e. The second kappa shape index (κ2) is 7.18. The van der Waals surface area contributed by atoms with E-state index < -0.39 is 0 Å². The first-order valence-electron chi connectivity index (χ1n) is 7.93. The van der Waals surface area contributed by atoms with Gasteiger partial charge in [-0.1, -0.05) is 0 Å². The topological polar surface area (TPSA) is 44.3 Å². The monoisotopic (exact) mass is 291 g/mol. The molecule has 1 saturated heterocycles. The Labute approximate surface area is 128 Å². The first kappa shape index (κ1) is 16.2. The number of nitrogens with zero attached hydrogens (tertiary/aromatic N) is 4. The molecule has 1 N–H and O–H groups in total. The Morgan fingerprint density at radius 1 is 1.24 bits per heavy atom. The number of rotatable bonds is 6. The van der Waals surface area contributed by atoms with E-state index in [1.54, 1.807) is 0 Å². The van der Waals surface area contributed by atoms with E-state index >= 15 is 0 Å². The second-order valence-electron chi connectivity index (χ2n) is 6.94. The summed E-state index contributed by atoms with van der Waals surface area (Å²) in [5, 5.41) is 3.45. The molecule has 1 aromatic rings. The Morgan fingerprint density at radius 2 is 1.95 bits per heavy atom. The highest BCUT2D eigenvalue weighted by atomic mass is 15.2. The molecule has 5 heteroatoms. The summed E-state index contributed by atoms with van der Waals surface area (Å²) in [6, 6.07) is 0. The summed E-state index contributed by atoms with van der Waals surface area (Å²) >= 11 is 0. The highest BCUT2D eigenvalue weighted by molar-refractivity contribution is 5.35. The van der Waals surface area contributed by atoms with E-state index in [9.17, 15) is 0 Å². The molecule has 0 bridgehead atoms. The molecule has 2 heterocycles. The van der Waals surface area contributed by atoms with E-state index in [4.69, 9.17) is 4.98 Å². The first-order chi connectivity index (χ1) is 9.94. The van der Waals surface area contributed by atoms with Crippen LogP contribution >= 0.6 is 0 Å². The van der Waals surface area contributed by atoms with Crippen LogP contribution in [0.5, 0.6) is 0 Å². The SMILES string of the molecule is CN(CCN1CCCC1)c1cncc(CNC(C)(C)C)n1. The van der Waals surface area contributed by atoms with Crippen LogP contribution in [0.3, 0.4) is 0 Å². The average Bonchev–Trinajstić information content (AvgIpc) is 2.95. The third kappa shape index (κ3) is 5.59. The zero-order valence-electron chi connectivity index (χ0n) is 13.9. The molecule has 0 unspecified atom stereocenters. The maximum absolute atomic E-state index is 4.70. The molecule has 0 aromatic carbocycles. The van der Waals surface area contributed by atoms with Crippen molar-refractivity contribution in [1.82, 2.24) is 20.2 Å². The standard InChI is InChI=1S/C16H29N5/c1-16(2,3)18-12-14-11-17-13-15(19-14)20(4)9-10-21-7-5-6-8-21/h11,13,18H,5-10,12H2,1-4H3. The fourth-order valence-electron chi connectivity index (χ4n) is 2.43. The first-order valence-corrected chi connectivity index (χ1v) is 7.93. The summed E-state index contributed by atoms with van der Waals surface area (Å²) in [5.41, 5.74) is 1.09. The maximum atomic E-state index is 4.70. The van der Waals surface area contributed by atoms with Crippen molar-refractivity contribution >= 4 is 5.82 Å². The molecule has 0 amide bonds. The molecule has 2 rings (SSSR count). The zero-order valence-corrected chi connectivity index (χ0v) is 13.9. The molecular weight excluding hydrogens is 262 g/mol. The minimum absolute atomic E-state index is 0.0966. The lowest BCUT2D eigenvalue weighted by Gasteiger charge is -2.23. The number of likely N-dealkylation sites (tertiary alicyclic amines) is 1. The van der Waals surface area contributed by atoms with E-state index in [0.29, 0.717) is 0 Å². The fraction of sp³-hybridized carbons (Fsp3) is 0.750. The number of likely N-dealkylation sites (N-methyl/N-ethyl adjacent to an activating group) is 1. The van der Waals surface area contributed by atoms with Crippen molar-refractivity contribution in [2.45, 2.75) is 45.7 Å². The smallest absolute Gasteiger partial charge is 0.147 e. The second-order valence-corrected chi connectivity index (χ2v) is 6.94. The summed E-state index contributed by atoms with van der Waals surface area (Å²) in [6.07, 6.45) is 6.38. The molecule has 1 aromatic heterocycles. The Bertz CT molecular complexity index is 435. The van der Waals surface area contributed by atoms with Gasteiger partial charge in [0.25, 0.3) is 0 Å². The van der Waals surface area contributed by atoms with E-state index in [1.165, 1.54) is 25.9 Å². The third-order valence-electron chi connectivity index (χ3n) is 3.81. The summed E-state index contributed by atoms with van der Waals surface area (Å²) in [4.78, 5) is 13.8. The molecule has 21 heavy (non-hydrogen) atoms. The number of hydrogen-bond acceptors (Lipinski definition) is 5. The lowest BCUT2D eigenvalue weighted by Crippen LogP contribution is -2.35. The van der Waals surface area contributed by atoms with Gasteiger partial charge in [0.15, 0.2) is 0 Å². The van der Waals surface area contributed by atoms with E-state index in [-0.39, 0.29) is 5.54 Å². The van der Waals surface area contributed by atoms with Crippen LogP contribution in [-0.4, -0.2) is 53.6 Å². The quantitative estimate of drug-likeness (QED) is 0.867. The van der Waals surface area contributed by atoms with Crippen LogP contribution in [0.25, 0.3) is 0 Å². The highest BCUT2D eigenvalue weighted by Crippen LogP contribution is 2.11. The molecule has 0 aliphatic carbocycles. The highest BCUT2D eigenvalue weighted by Gasteiger charge is 2.13. The molecule has 0 atom stereocenters. The molecular formula is C16H29N5. The summed E-state index contributed by atoms with van der Waals surface area (Å²) in [7, 11) is 2.10. The van der Waals surface area contributed by atoms with Crippen LogP contribution in [0, 0.1) is 0 Å². The molecule has 1 aliphatic rings. The van der Waals surface area contributed by atoms with Gasteiger partial charge >= 0.3 is 0 Å². The van der Waals surface area contributed by atoms with E-state index in [1.807, 2.05) is 12.4 Å². The number of anilines is 1. The lowest BCUT2D eigenvalue weighted by atomic mass is 10.1. The zero-order chi connectivity index (χ0) is 15.3. The van der Waals surface area contributed by atoms with Gasteiger partial charge in [0, 0.05) is 38.4 Å². The van der Waals surface area contributed by atoms with Gasteiger partial charge in [-0.2, -0.15) is 0 Å². The predicted octanol–water partition coefficient (Wildman–Crippen LogP) is 1.90. The summed E-state index contributed by atoms with van der Waals surface area (Å²) in [6.45, 7) is 11.8. The number of aromatic nitrogens is 2. The van der Waals surface area contributed by atoms with Crippen molar-refractivity contribution in [2.24, 2.45) is 0 Å². The fourth-order valence-corrected chi connectivity index (χ4v) is 2.43. The van der Waals surface area contributed by atoms with Crippen molar-refractivity contribution in [3.05, 3.63) is 18.1 Å². The molecule has 5 nitrogen and oxygen atoms in total. The van der Waals surface area contributed by atoms with Crippen molar-refractivity contribution in [1.29, 1.82) is 0 Å². The van der Waals surface area contributed by atoms with Gasteiger partial charge < -0.3 is 15.1 Å². The predicted molar refractivity (Wildman–Crippen MR) is 87.6 cm³/mol. The van der Waals surface area contributed by atoms with Gasteiger partial charge in [-0.3, -0.25) is 4.98 Å². The van der Waals surface area contributed by atoms with Gasteiger partial charge in [0.1, 0.15) is 5.82 Å². The van der Waals surface area contributed by atoms with Crippen LogP contribution in [0.15, 0.2) is 12.4 Å². The minimum atomic E-state index is 0.0966. The van der Waals surface area contributed by atoms with Gasteiger partial charge in [0.05, 0.1) is 11.9 Å².